The van der Waals surface area contributed by atoms with E-state index in [2.05, 4.69) is 31.2 Å². The fraction of sp³-hybridized carbons (Fsp3) is 0.840. The Morgan fingerprint density at radius 1 is 0.767 bits per heavy atom. The van der Waals surface area contributed by atoms with Gasteiger partial charge in [0.1, 0.15) is 0 Å². The predicted octanol–water partition coefficient (Wildman–Crippen LogP) is 7.83. The molecule has 0 amide bonds. The lowest BCUT2D eigenvalue weighted by Gasteiger charge is -2.35. The summed E-state index contributed by atoms with van der Waals surface area (Å²) in [7, 11) is 2.27. The second-order valence-electron chi connectivity index (χ2n) is 9.33. The molecule has 30 heavy (non-hydrogen) atoms. The first-order valence-corrected chi connectivity index (χ1v) is 14.0. The average Bonchev–Trinajstić information content (AvgIpc) is 2.66. The first-order valence-electron chi connectivity index (χ1n) is 12.3. The van der Waals surface area contributed by atoms with Crippen molar-refractivity contribution in [3.8, 4) is 0 Å². The van der Waals surface area contributed by atoms with Crippen LogP contribution in [0.1, 0.15) is 104 Å². The second kappa shape index (κ2) is 18.2. The SMILES string of the molecule is CCCCCCC=CCCCCC=CCCCCCOP(=O)(O)C(CC)[N+](C)(C)C. The highest BCUT2D eigenvalue weighted by Crippen LogP contribution is 2.51. The fourth-order valence-corrected chi connectivity index (χ4v) is 5.62. The van der Waals surface area contributed by atoms with Gasteiger partial charge in [-0.15, -0.1) is 0 Å². The molecular formula is C25H51NO3P+. The Morgan fingerprint density at radius 2 is 1.20 bits per heavy atom. The van der Waals surface area contributed by atoms with E-state index in [1.165, 1.54) is 57.8 Å². The summed E-state index contributed by atoms with van der Waals surface area (Å²) in [4.78, 5) is 10.2. The Hall–Kier alpha value is -0.410. The second-order valence-corrected chi connectivity index (χ2v) is 11.3. The Balaban J connectivity index is 3.60. The van der Waals surface area contributed by atoms with Crippen molar-refractivity contribution in [1.82, 2.24) is 0 Å². The van der Waals surface area contributed by atoms with Gasteiger partial charge in [0.15, 0.2) is 5.78 Å². The number of rotatable bonds is 20. The third kappa shape index (κ3) is 16.3. The number of nitrogens with zero attached hydrogens (tertiary/aromatic N) is 1. The average molecular weight is 445 g/mol. The molecule has 0 aromatic carbocycles. The summed E-state index contributed by atoms with van der Waals surface area (Å²) in [5, 5.41) is 0. The molecule has 0 aromatic heterocycles. The van der Waals surface area contributed by atoms with Gasteiger partial charge in [0.25, 0.3) is 0 Å². The maximum absolute atomic E-state index is 12.5. The van der Waals surface area contributed by atoms with E-state index in [4.69, 9.17) is 4.52 Å². The summed E-state index contributed by atoms with van der Waals surface area (Å²) in [6.45, 7) is 4.58. The minimum atomic E-state index is -3.56. The van der Waals surface area contributed by atoms with Crippen molar-refractivity contribution < 1.29 is 18.5 Å². The van der Waals surface area contributed by atoms with Crippen LogP contribution in [0, 0.1) is 0 Å². The van der Waals surface area contributed by atoms with E-state index < -0.39 is 7.60 Å². The normalized spacial score (nSPS) is 15.8. The van der Waals surface area contributed by atoms with Gasteiger partial charge in [0, 0.05) is 6.42 Å². The molecule has 0 saturated heterocycles. The van der Waals surface area contributed by atoms with Crippen LogP contribution in [0.2, 0.25) is 0 Å². The zero-order valence-corrected chi connectivity index (χ0v) is 21.5. The summed E-state index contributed by atoms with van der Waals surface area (Å²) < 4.78 is 18.3. The quantitative estimate of drug-likeness (QED) is 0.0900. The zero-order chi connectivity index (χ0) is 22.7. The van der Waals surface area contributed by atoms with E-state index in [0.29, 0.717) is 17.5 Å². The first kappa shape index (κ1) is 29.6. The lowest BCUT2D eigenvalue weighted by molar-refractivity contribution is -0.883. The molecule has 0 aliphatic rings. The van der Waals surface area contributed by atoms with Gasteiger partial charge in [-0.1, -0.05) is 63.8 Å². The highest BCUT2D eigenvalue weighted by Gasteiger charge is 2.41. The summed E-state index contributed by atoms with van der Waals surface area (Å²) >= 11 is 0. The predicted molar refractivity (Wildman–Crippen MR) is 132 cm³/mol. The largest absolute Gasteiger partial charge is 0.385 e. The standard InChI is InChI=1S/C25H50NO3P/c1-6-8-9-10-11-12-13-14-15-16-17-18-19-20-21-22-23-24-29-30(27,28)25(7-2)26(3,4)5/h12-13,18-19,25H,6-11,14-17,20-24H2,1-5H3/p+1. The van der Waals surface area contributed by atoms with Crippen LogP contribution in [-0.4, -0.2) is 42.9 Å². The van der Waals surface area contributed by atoms with Crippen LogP contribution in [0.5, 0.6) is 0 Å². The third-order valence-electron chi connectivity index (χ3n) is 5.48. The third-order valence-corrected chi connectivity index (χ3v) is 7.84. The van der Waals surface area contributed by atoms with Crippen LogP contribution in [0.15, 0.2) is 24.3 Å². The van der Waals surface area contributed by atoms with Crippen molar-refractivity contribution in [1.29, 1.82) is 0 Å². The Labute approximate surface area is 187 Å². The van der Waals surface area contributed by atoms with Crippen molar-refractivity contribution in [3.05, 3.63) is 24.3 Å². The van der Waals surface area contributed by atoms with Gasteiger partial charge >= 0.3 is 7.60 Å². The topological polar surface area (TPSA) is 46.5 Å². The van der Waals surface area contributed by atoms with Gasteiger partial charge < -0.3 is 13.9 Å². The van der Waals surface area contributed by atoms with E-state index in [1.54, 1.807) is 0 Å². The molecule has 5 heteroatoms. The molecule has 0 rings (SSSR count). The fourth-order valence-electron chi connectivity index (χ4n) is 3.72. The molecule has 0 bridgehead atoms. The lowest BCUT2D eigenvalue weighted by atomic mass is 10.1. The molecule has 1 N–H and O–H groups in total. The highest BCUT2D eigenvalue weighted by atomic mass is 31.2. The van der Waals surface area contributed by atoms with Crippen molar-refractivity contribution >= 4 is 7.60 Å². The van der Waals surface area contributed by atoms with Crippen molar-refractivity contribution in [2.75, 3.05) is 27.7 Å². The molecule has 0 aliphatic carbocycles. The van der Waals surface area contributed by atoms with E-state index in [-0.39, 0.29) is 5.78 Å². The van der Waals surface area contributed by atoms with Gasteiger partial charge in [0.05, 0.1) is 27.7 Å². The first-order chi connectivity index (χ1) is 14.3. The summed E-state index contributed by atoms with van der Waals surface area (Å²) in [5.74, 6) is -0.360. The maximum atomic E-state index is 12.5. The molecule has 2 atom stereocenters. The van der Waals surface area contributed by atoms with Gasteiger partial charge in [-0.3, -0.25) is 4.57 Å². The maximum Gasteiger partial charge on any atom is 0.385 e. The van der Waals surface area contributed by atoms with Crippen LogP contribution in [0.4, 0.5) is 0 Å². The monoisotopic (exact) mass is 444 g/mol. The molecule has 178 valence electrons. The number of unbranched alkanes of at least 4 members (excludes halogenated alkanes) is 10. The van der Waals surface area contributed by atoms with E-state index in [0.717, 1.165) is 25.7 Å². The van der Waals surface area contributed by atoms with Crippen molar-refractivity contribution in [2.45, 2.75) is 110 Å². The Kier molecular flexibility index (Phi) is 17.9. The number of quaternary nitrogens is 1. The number of allylic oxidation sites excluding steroid dienone is 4. The molecule has 0 radical (unpaired) electrons. The number of hydrogen-bond acceptors (Lipinski definition) is 2. The summed E-state index contributed by atoms with van der Waals surface area (Å²) in [6.07, 6.45) is 25.6. The number of hydrogen-bond donors (Lipinski definition) is 1. The van der Waals surface area contributed by atoms with Crippen LogP contribution in [0.25, 0.3) is 0 Å². The zero-order valence-electron chi connectivity index (χ0n) is 20.7. The summed E-state index contributed by atoms with van der Waals surface area (Å²) in [6, 6.07) is 0. The Morgan fingerprint density at radius 3 is 1.60 bits per heavy atom. The lowest BCUT2D eigenvalue weighted by Crippen LogP contribution is -2.44. The molecule has 0 aromatic rings. The minimum Gasteiger partial charge on any atom is -0.320 e. The van der Waals surface area contributed by atoms with E-state index >= 15 is 0 Å². The summed E-state index contributed by atoms with van der Waals surface area (Å²) in [5.41, 5.74) is 0. The Bertz CT molecular complexity index is 497. The van der Waals surface area contributed by atoms with Crippen LogP contribution in [-0.2, 0) is 9.09 Å². The van der Waals surface area contributed by atoms with E-state index in [1.807, 2.05) is 28.1 Å². The molecule has 0 aliphatic heterocycles. The molecule has 0 fully saturated rings. The van der Waals surface area contributed by atoms with Gasteiger partial charge in [-0.2, -0.15) is 0 Å². The van der Waals surface area contributed by atoms with Gasteiger partial charge in [0.2, 0.25) is 0 Å². The molecule has 0 heterocycles. The minimum absolute atomic E-state index is 0.360. The van der Waals surface area contributed by atoms with Crippen molar-refractivity contribution in [3.63, 3.8) is 0 Å². The van der Waals surface area contributed by atoms with Crippen LogP contribution >= 0.6 is 7.60 Å². The van der Waals surface area contributed by atoms with Crippen LogP contribution in [0.3, 0.4) is 0 Å². The van der Waals surface area contributed by atoms with Gasteiger partial charge in [-0.05, 0) is 57.8 Å². The van der Waals surface area contributed by atoms with Gasteiger partial charge in [-0.25, -0.2) is 0 Å². The highest BCUT2D eigenvalue weighted by molar-refractivity contribution is 7.53. The van der Waals surface area contributed by atoms with Crippen LogP contribution < -0.4 is 0 Å². The van der Waals surface area contributed by atoms with E-state index in [9.17, 15) is 9.46 Å². The smallest absolute Gasteiger partial charge is 0.320 e. The molecule has 4 nitrogen and oxygen atoms in total. The molecule has 0 spiro atoms. The molecule has 2 unspecified atom stereocenters. The van der Waals surface area contributed by atoms with Crippen molar-refractivity contribution in [2.24, 2.45) is 0 Å². The molecule has 0 saturated carbocycles. The molecular weight excluding hydrogens is 393 g/mol.